The highest BCUT2D eigenvalue weighted by Crippen LogP contribution is 2.11. The van der Waals surface area contributed by atoms with Gasteiger partial charge in [0.15, 0.2) is 0 Å². The normalized spacial score (nSPS) is 21.4. The lowest BCUT2D eigenvalue weighted by Gasteiger charge is -2.19. The van der Waals surface area contributed by atoms with Gasteiger partial charge < -0.3 is 5.32 Å². The lowest BCUT2D eigenvalue weighted by Crippen LogP contribution is -2.35. The molecule has 1 aromatic rings. The van der Waals surface area contributed by atoms with E-state index in [0.717, 1.165) is 18.1 Å². The fraction of sp³-hybridized carbons (Fsp3) is 0.727. The van der Waals surface area contributed by atoms with Gasteiger partial charge in [-0.05, 0) is 33.4 Å². The van der Waals surface area contributed by atoms with Crippen molar-refractivity contribution in [1.29, 1.82) is 0 Å². The summed E-state index contributed by atoms with van der Waals surface area (Å²) < 4.78 is 0. The van der Waals surface area contributed by atoms with E-state index >= 15 is 0 Å². The molecular weight excluding hydrogens is 206 g/mol. The van der Waals surface area contributed by atoms with E-state index in [1.54, 1.807) is 11.3 Å². The van der Waals surface area contributed by atoms with Gasteiger partial charge in [-0.15, -0.1) is 11.3 Å². The number of nitrogens with zero attached hydrogens (tertiary/aromatic N) is 2. The van der Waals surface area contributed by atoms with Crippen LogP contribution in [0.4, 0.5) is 0 Å². The summed E-state index contributed by atoms with van der Waals surface area (Å²) in [4.78, 5) is 6.84. The minimum absolute atomic E-state index is 0.690. The maximum Gasteiger partial charge on any atom is 0.0897 e. The predicted octanol–water partition coefficient (Wildman–Crippen LogP) is 1.64. The Labute approximate surface area is 95.5 Å². The highest BCUT2D eigenvalue weighted by molar-refractivity contribution is 7.09. The smallest absolute Gasteiger partial charge is 0.0897 e. The topological polar surface area (TPSA) is 28.2 Å². The van der Waals surface area contributed by atoms with Gasteiger partial charge in [-0.2, -0.15) is 0 Å². The van der Waals surface area contributed by atoms with Gasteiger partial charge in [-0.1, -0.05) is 0 Å². The molecule has 0 amide bonds. The molecule has 1 aliphatic heterocycles. The summed E-state index contributed by atoms with van der Waals surface area (Å²) in [5.74, 6) is 0. The van der Waals surface area contributed by atoms with Crippen molar-refractivity contribution in [1.82, 2.24) is 15.2 Å². The Hall–Kier alpha value is -0.450. The van der Waals surface area contributed by atoms with Gasteiger partial charge in [-0.3, -0.25) is 4.90 Å². The molecule has 1 unspecified atom stereocenters. The lowest BCUT2D eigenvalue weighted by molar-refractivity contribution is 0.290. The first-order valence-corrected chi connectivity index (χ1v) is 6.45. The van der Waals surface area contributed by atoms with Crippen LogP contribution in [0, 0.1) is 6.92 Å². The van der Waals surface area contributed by atoms with E-state index in [9.17, 15) is 0 Å². The molecule has 1 atom stereocenters. The van der Waals surface area contributed by atoms with Crippen LogP contribution in [0.25, 0.3) is 0 Å². The number of nitrogens with one attached hydrogen (secondary N) is 1. The number of thiazole rings is 1. The molecule has 84 valence electrons. The number of aromatic nitrogens is 1. The molecule has 1 saturated heterocycles. The molecule has 1 N–H and O–H groups in total. The first-order chi connectivity index (χ1) is 7.24. The summed E-state index contributed by atoms with van der Waals surface area (Å²) in [5.41, 5.74) is 1.21. The van der Waals surface area contributed by atoms with Crippen molar-refractivity contribution in [2.24, 2.45) is 0 Å². The van der Waals surface area contributed by atoms with E-state index in [2.05, 4.69) is 34.6 Å². The molecule has 1 aromatic heterocycles. The summed E-state index contributed by atoms with van der Waals surface area (Å²) in [5, 5.41) is 6.84. The minimum Gasteiger partial charge on any atom is -0.313 e. The van der Waals surface area contributed by atoms with Crippen LogP contribution in [0.2, 0.25) is 0 Å². The molecule has 0 aromatic carbocycles. The maximum absolute atomic E-state index is 4.48. The van der Waals surface area contributed by atoms with Gasteiger partial charge in [0.1, 0.15) is 0 Å². The van der Waals surface area contributed by atoms with Gasteiger partial charge in [0.2, 0.25) is 0 Å². The van der Waals surface area contributed by atoms with Gasteiger partial charge in [0.25, 0.3) is 0 Å². The second-order valence-electron chi connectivity index (χ2n) is 4.35. The van der Waals surface area contributed by atoms with E-state index in [1.165, 1.54) is 25.1 Å². The Morgan fingerprint density at radius 3 is 3.13 bits per heavy atom. The van der Waals surface area contributed by atoms with Gasteiger partial charge in [0, 0.05) is 24.5 Å². The summed E-state index contributed by atoms with van der Waals surface area (Å²) in [7, 11) is 2.18. The zero-order valence-electron chi connectivity index (χ0n) is 9.49. The van der Waals surface area contributed by atoms with Gasteiger partial charge >= 0.3 is 0 Å². The molecule has 2 heterocycles. The number of likely N-dealkylation sites (N-methyl/N-ethyl adjacent to an activating group) is 1. The third kappa shape index (κ3) is 3.26. The maximum atomic E-state index is 4.48. The van der Waals surface area contributed by atoms with Crippen molar-refractivity contribution in [2.75, 3.05) is 20.1 Å². The number of hydrogen-bond acceptors (Lipinski definition) is 4. The predicted molar refractivity (Wildman–Crippen MR) is 64.2 cm³/mol. The van der Waals surface area contributed by atoms with Crippen molar-refractivity contribution in [3.63, 3.8) is 0 Å². The van der Waals surface area contributed by atoms with Crippen molar-refractivity contribution >= 4 is 11.3 Å². The molecule has 0 radical (unpaired) electrons. The van der Waals surface area contributed by atoms with Gasteiger partial charge in [-0.25, -0.2) is 4.98 Å². The van der Waals surface area contributed by atoms with Crippen LogP contribution >= 0.6 is 11.3 Å². The fourth-order valence-electron chi connectivity index (χ4n) is 2.11. The van der Waals surface area contributed by atoms with Crippen molar-refractivity contribution in [3.8, 4) is 0 Å². The largest absolute Gasteiger partial charge is 0.313 e. The third-order valence-electron chi connectivity index (χ3n) is 2.79. The SMILES string of the molecule is Cc1nc(CN(C)CC2CCCN2)cs1. The van der Waals surface area contributed by atoms with E-state index in [4.69, 9.17) is 0 Å². The van der Waals surface area contributed by atoms with Crippen LogP contribution < -0.4 is 5.32 Å². The second kappa shape index (κ2) is 5.05. The highest BCUT2D eigenvalue weighted by atomic mass is 32.1. The monoisotopic (exact) mass is 225 g/mol. The van der Waals surface area contributed by atoms with Crippen LogP contribution in [0.3, 0.4) is 0 Å². The molecule has 15 heavy (non-hydrogen) atoms. The zero-order chi connectivity index (χ0) is 10.7. The summed E-state index contributed by atoms with van der Waals surface area (Å²) in [6.45, 7) is 5.36. The second-order valence-corrected chi connectivity index (χ2v) is 5.41. The summed E-state index contributed by atoms with van der Waals surface area (Å²) >= 11 is 1.74. The van der Waals surface area contributed by atoms with Crippen molar-refractivity contribution in [2.45, 2.75) is 32.4 Å². The summed E-state index contributed by atoms with van der Waals surface area (Å²) in [6.07, 6.45) is 2.65. The summed E-state index contributed by atoms with van der Waals surface area (Å²) in [6, 6.07) is 0.690. The molecule has 1 fully saturated rings. The molecule has 3 nitrogen and oxygen atoms in total. The Kier molecular flexibility index (Phi) is 3.72. The number of rotatable bonds is 4. The van der Waals surface area contributed by atoms with E-state index < -0.39 is 0 Å². The molecule has 0 spiro atoms. The Balaban J connectivity index is 1.78. The minimum atomic E-state index is 0.690. The Bertz CT molecular complexity index is 305. The highest BCUT2D eigenvalue weighted by Gasteiger charge is 2.16. The fourth-order valence-corrected chi connectivity index (χ4v) is 2.71. The molecule has 0 saturated carbocycles. The van der Waals surface area contributed by atoms with Crippen LogP contribution in [-0.4, -0.2) is 36.1 Å². The van der Waals surface area contributed by atoms with E-state index in [0.29, 0.717) is 6.04 Å². The Morgan fingerprint density at radius 2 is 2.53 bits per heavy atom. The number of aryl methyl sites for hydroxylation is 1. The average molecular weight is 225 g/mol. The van der Waals surface area contributed by atoms with E-state index in [1.807, 2.05) is 0 Å². The van der Waals surface area contributed by atoms with E-state index in [-0.39, 0.29) is 0 Å². The first kappa shape index (κ1) is 11.0. The first-order valence-electron chi connectivity index (χ1n) is 5.57. The van der Waals surface area contributed by atoms with Crippen molar-refractivity contribution < 1.29 is 0 Å². The van der Waals surface area contributed by atoms with Gasteiger partial charge in [0.05, 0.1) is 10.7 Å². The van der Waals surface area contributed by atoms with Crippen LogP contribution in [0.15, 0.2) is 5.38 Å². The average Bonchev–Trinajstić information content (AvgIpc) is 2.77. The molecule has 4 heteroatoms. The Morgan fingerprint density at radius 1 is 1.67 bits per heavy atom. The zero-order valence-corrected chi connectivity index (χ0v) is 10.3. The van der Waals surface area contributed by atoms with Crippen LogP contribution in [0.5, 0.6) is 0 Å². The molecule has 0 aliphatic carbocycles. The standard InChI is InChI=1S/C11H19N3S/c1-9-13-11(8-15-9)7-14(2)6-10-4-3-5-12-10/h8,10,12H,3-7H2,1-2H3. The lowest BCUT2D eigenvalue weighted by atomic mass is 10.2. The van der Waals surface area contributed by atoms with Crippen molar-refractivity contribution in [3.05, 3.63) is 16.1 Å². The molecule has 2 rings (SSSR count). The quantitative estimate of drug-likeness (QED) is 0.844. The molecule has 1 aliphatic rings. The third-order valence-corrected chi connectivity index (χ3v) is 3.62. The molecule has 0 bridgehead atoms. The molecular formula is C11H19N3S. The van der Waals surface area contributed by atoms with Crippen LogP contribution in [-0.2, 0) is 6.54 Å². The van der Waals surface area contributed by atoms with Crippen LogP contribution in [0.1, 0.15) is 23.5 Å². The number of hydrogen-bond donors (Lipinski definition) is 1.